The Bertz CT molecular complexity index is 400. The first-order chi connectivity index (χ1) is 7.38. The molecular formula is C11H12N2O2. The average molecular weight is 204 g/mol. The maximum atomic E-state index is 9.13. The molecule has 4 heteroatoms. The first-order valence-electron chi connectivity index (χ1n) is 5.82. The number of fused-ring (bicyclic) bond motifs is 2. The maximum Gasteiger partial charge on any atom is 0.0651 e. The summed E-state index contributed by atoms with van der Waals surface area (Å²) in [5.74, 6) is 4.76. The van der Waals surface area contributed by atoms with Gasteiger partial charge >= 0.3 is 0 Å². The van der Waals surface area contributed by atoms with Gasteiger partial charge in [0.15, 0.2) is 0 Å². The lowest BCUT2D eigenvalue weighted by Gasteiger charge is -2.44. The molecule has 5 rings (SSSR count). The van der Waals surface area contributed by atoms with Gasteiger partial charge < -0.3 is 10.4 Å². The summed E-state index contributed by atoms with van der Waals surface area (Å²) in [6, 6.07) is 0. The third kappa shape index (κ3) is 0.446. The molecule has 0 aromatic heterocycles. The fraction of sp³-hybridized carbons (Fsp3) is 0.818. The van der Waals surface area contributed by atoms with Gasteiger partial charge in [0.2, 0.25) is 0 Å². The van der Waals surface area contributed by atoms with Crippen LogP contribution in [0.15, 0.2) is 10.3 Å². The lowest BCUT2D eigenvalue weighted by atomic mass is 9.59. The van der Waals surface area contributed by atoms with Crippen molar-refractivity contribution in [2.24, 2.45) is 57.7 Å². The first kappa shape index (κ1) is 7.25. The molecule has 0 aliphatic heterocycles. The van der Waals surface area contributed by atoms with Crippen LogP contribution in [0.4, 0.5) is 0 Å². The molecule has 0 heterocycles. The van der Waals surface area contributed by atoms with Crippen molar-refractivity contribution in [1.29, 1.82) is 0 Å². The van der Waals surface area contributed by atoms with E-state index in [1.165, 1.54) is 6.42 Å². The molecule has 5 fully saturated rings. The monoisotopic (exact) mass is 204 g/mol. The number of hydrogen-bond acceptors (Lipinski definition) is 4. The van der Waals surface area contributed by atoms with Crippen molar-refractivity contribution < 1.29 is 10.4 Å². The van der Waals surface area contributed by atoms with Crippen molar-refractivity contribution in [3.8, 4) is 0 Å². The van der Waals surface area contributed by atoms with Gasteiger partial charge in [-0.1, -0.05) is 10.3 Å². The topological polar surface area (TPSA) is 65.2 Å². The van der Waals surface area contributed by atoms with Gasteiger partial charge in [-0.15, -0.1) is 0 Å². The molecule has 0 amide bonds. The van der Waals surface area contributed by atoms with E-state index in [9.17, 15) is 0 Å². The molecular weight excluding hydrogens is 192 g/mol. The number of oxime groups is 2. The fourth-order valence-corrected chi connectivity index (χ4v) is 6.13. The van der Waals surface area contributed by atoms with Crippen LogP contribution < -0.4 is 0 Å². The Morgan fingerprint density at radius 1 is 0.800 bits per heavy atom. The van der Waals surface area contributed by atoms with Gasteiger partial charge in [0.1, 0.15) is 0 Å². The first-order valence-corrected chi connectivity index (χ1v) is 5.82. The summed E-state index contributed by atoms with van der Waals surface area (Å²) < 4.78 is 0. The van der Waals surface area contributed by atoms with E-state index >= 15 is 0 Å². The molecule has 4 nitrogen and oxygen atoms in total. The third-order valence-electron chi connectivity index (χ3n) is 6.10. The van der Waals surface area contributed by atoms with Crippen LogP contribution in [0.3, 0.4) is 0 Å². The second-order valence-electron chi connectivity index (χ2n) is 5.87. The predicted molar refractivity (Wildman–Crippen MR) is 51.0 cm³/mol. The van der Waals surface area contributed by atoms with Gasteiger partial charge in [0.25, 0.3) is 0 Å². The maximum absolute atomic E-state index is 9.13. The molecule has 0 saturated heterocycles. The quantitative estimate of drug-likeness (QED) is 0.457. The van der Waals surface area contributed by atoms with E-state index in [0.717, 1.165) is 35.1 Å². The van der Waals surface area contributed by atoms with Crippen LogP contribution >= 0.6 is 0 Å². The molecule has 0 aromatic rings. The minimum Gasteiger partial charge on any atom is -0.411 e. The Morgan fingerprint density at radius 2 is 1.27 bits per heavy atom. The highest BCUT2D eigenvalue weighted by atomic mass is 16.4. The van der Waals surface area contributed by atoms with E-state index in [2.05, 4.69) is 10.3 Å². The van der Waals surface area contributed by atoms with E-state index < -0.39 is 0 Å². The molecule has 5 aliphatic carbocycles. The molecule has 0 spiro atoms. The lowest BCUT2D eigenvalue weighted by Crippen LogP contribution is -2.48. The van der Waals surface area contributed by atoms with Gasteiger partial charge in [-0.25, -0.2) is 0 Å². The zero-order valence-electron chi connectivity index (χ0n) is 8.11. The van der Waals surface area contributed by atoms with E-state index in [1.54, 1.807) is 0 Å². The SMILES string of the molecule is O/N=C1\C2C3CC4C2/C(=N\O)C2C1C3C42. The molecule has 2 N–H and O–H groups in total. The Labute approximate surface area is 86.6 Å². The minimum absolute atomic E-state index is 0.427. The highest BCUT2D eigenvalue weighted by Crippen LogP contribution is 2.80. The van der Waals surface area contributed by atoms with Crippen molar-refractivity contribution in [2.45, 2.75) is 6.42 Å². The largest absolute Gasteiger partial charge is 0.411 e. The van der Waals surface area contributed by atoms with Gasteiger partial charge in [0.05, 0.1) is 11.4 Å². The second kappa shape index (κ2) is 1.81. The third-order valence-corrected chi connectivity index (χ3v) is 6.10. The van der Waals surface area contributed by atoms with Crippen LogP contribution in [0.25, 0.3) is 0 Å². The van der Waals surface area contributed by atoms with Crippen LogP contribution in [0.5, 0.6) is 0 Å². The van der Waals surface area contributed by atoms with Crippen LogP contribution in [0, 0.1) is 47.3 Å². The molecule has 15 heavy (non-hydrogen) atoms. The van der Waals surface area contributed by atoms with Crippen LogP contribution in [-0.2, 0) is 0 Å². The second-order valence-corrected chi connectivity index (χ2v) is 5.87. The van der Waals surface area contributed by atoms with Crippen molar-refractivity contribution in [3.63, 3.8) is 0 Å². The smallest absolute Gasteiger partial charge is 0.0651 e. The summed E-state index contributed by atoms with van der Waals surface area (Å²) in [5.41, 5.74) is 2.09. The summed E-state index contributed by atoms with van der Waals surface area (Å²) in [4.78, 5) is 0. The molecule has 2 bridgehead atoms. The minimum atomic E-state index is 0.427. The van der Waals surface area contributed by atoms with Gasteiger partial charge in [0, 0.05) is 23.7 Å². The lowest BCUT2D eigenvalue weighted by molar-refractivity contribution is 0.0644. The normalized spacial score (nSPS) is 71.2. The van der Waals surface area contributed by atoms with Crippen molar-refractivity contribution in [1.82, 2.24) is 0 Å². The summed E-state index contributed by atoms with van der Waals surface area (Å²) in [7, 11) is 0. The molecule has 0 aromatic carbocycles. The number of hydrogen-bond donors (Lipinski definition) is 2. The highest BCUT2D eigenvalue weighted by molar-refractivity contribution is 6.10. The van der Waals surface area contributed by atoms with Crippen LogP contribution in [-0.4, -0.2) is 21.8 Å². The van der Waals surface area contributed by atoms with Gasteiger partial charge in [-0.3, -0.25) is 0 Å². The molecule has 8 atom stereocenters. The van der Waals surface area contributed by atoms with E-state index in [4.69, 9.17) is 10.4 Å². The van der Waals surface area contributed by atoms with Crippen LogP contribution in [0.1, 0.15) is 6.42 Å². The fourth-order valence-electron chi connectivity index (χ4n) is 6.13. The summed E-state index contributed by atoms with van der Waals surface area (Å²) in [6.45, 7) is 0. The van der Waals surface area contributed by atoms with Crippen molar-refractivity contribution >= 4 is 11.4 Å². The Balaban J connectivity index is 1.83. The molecule has 5 saturated carbocycles. The molecule has 5 aliphatic rings. The Kier molecular flexibility index (Phi) is 0.874. The predicted octanol–water partition coefficient (Wildman–Crippen LogP) is 1.03. The van der Waals surface area contributed by atoms with Crippen molar-refractivity contribution in [3.05, 3.63) is 0 Å². The number of rotatable bonds is 0. The van der Waals surface area contributed by atoms with Gasteiger partial charge in [-0.2, -0.15) is 0 Å². The average Bonchev–Trinajstić information content (AvgIpc) is 2.73. The Morgan fingerprint density at radius 3 is 1.67 bits per heavy atom. The standard InChI is InChI=1S/C11H12N2O2/c14-12-10-6-2-1-3-5-4(2)8(10)9(5)11(13-15)7(3)6/h2-9,14-15H,1H2/b12-10+,13-11+. The molecule has 78 valence electrons. The summed E-state index contributed by atoms with van der Waals surface area (Å²) in [5, 5.41) is 25.4. The van der Waals surface area contributed by atoms with E-state index in [1.807, 2.05) is 0 Å². The zero-order valence-corrected chi connectivity index (χ0v) is 8.11. The van der Waals surface area contributed by atoms with Crippen LogP contribution in [0.2, 0.25) is 0 Å². The van der Waals surface area contributed by atoms with Crippen molar-refractivity contribution in [2.75, 3.05) is 0 Å². The molecule has 8 unspecified atom stereocenters. The van der Waals surface area contributed by atoms with Gasteiger partial charge in [-0.05, 0) is 30.1 Å². The molecule has 0 radical (unpaired) electrons. The number of nitrogens with zero attached hydrogens (tertiary/aromatic N) is 2. The zero-order chi connectivity index (χ0) is 9.89. The summed E-state index contributed by atoms with van der Waals surface area (Å²) in [6.07, 6.45) is 1.29. The highest BCUT2D eigenvalue weighted by Gasteiger charge is 2.82. The Hall–Kier alpha value is -1.06. The van der Waals surface area contributed by atoms with E-state index in [-0.39, 0.29) is 0 Å². The van der Waals surface area contributed by atoms with E-state index in [0.29, 0.717) is 23.7 Å². The summed E-state index contributed by atoms with van der Waals surface area (Å²) >= 11 is 0.